The molecule has 1 unspecified atom stereocenters. The Morgan fingerprint density at radius 2 is 1.27 bits per heavy atom. The van der Waals surface area contributed by atoms with Crippen molar-refractivity contribution in [3.8, 4) is 0 Å². The maximum Gasteiger partial charge on any atom is 0.477 e. The fraction of sp³-hybridized carbons (Fsp3) is 0.262. The van der Waals surface area contributed by atoms with Crippen LogP contribution < -0.4 is 0 Å². The zero-order chi connectivity index (χ0) is 38.6. The zero-order valence-corrected chi connectivity index (χ0v) is 31.1. The van der Waals surface area contributed by atoms with Crippen LogP contribution >= 0.6 is 7.82 Å². The zero-order valence-electron chi connectivity index (χ0n) is 30.2. The number of fused-ring (bicyclic) bond motifs is 1. The monoisotopic (exact) mass is 777 g/mol. The molecule has 2 saturated heterocycles. The number of azide groups is 1. The molecule has 6 atom stereocenters. The first-order valence-corrected chi connectivity index (χ1v) is 19.5. The Balaban J connectivity index is 1.25. The van der Waals surface area contributed by atoms with E-state index in [1.165, 1.54) is 0 Å². The number of ether oxygens (including phenoxy) is 5. The van der Waals surface area contributed by atoms with Gasteiger partial charge in [0.1, 0.15) is 18.3 Å². The first-order valence-electron chi connectivity index (χ1n) is 18.1. The lowest BCUT2D eigenvalue weighted by Crippen LogP contribution is -2.63. The quantitative estimate of drug-likeness (QED) is 0.0311. The van der Waals surface area contributed by atoms with Gasteiger partial charge < -0.3 is 23.7 Å². The second-order valence-corrected chi connectivity index (χ2v) is 14.6. The number of esters is 1. The summed E-state index contributed by atoms with van der Waals surface area (Å²) in [5.41, 5.74) is 12.6. The van der Waals surface area contributed by atoms with E-state index in [1.54, 1.807) is 24.3 Å². The normalized spacial score (nSPS) is 22.0. The number of carbonyl (C=O) groups is 1. The Morgan fingerprint density at radius 1 is 0.714 bits per heavy atom. The predicted molar refractivity (Wildman–Crippen MR) is 203 cm³/mol. The molecule has 2 aliphatic rings. The van der Waals surface area contributed by atoms with E-state index in [1.807, 2.05) is 121 Å². The molecule has 56 heavy (non-hydrogen) atoms. The van der Waals surface area contributed by atoms with Crippen molar-refractivity contribution in [3.05, 3.63) is 189 Å². The standard InChI is InChI=1S/C42H40N3O10P/c43-45-44-25-34-23-13-14-24-35(34)40(46)53-39-38(48-26-30-15-5-1-6-16-30)37-36(29-49-41(54-37)33-21-11-4-12-22-33)52-42(39)55-56(47,50-27-31-17-7-2-8-18-31)51-28-32-19-9-3-10-20-32/h1-24,36-39,41-42H,25-29H2/t36-,37-,38+,39+,41?,42-/m1/s1. The molecule has 0 N–H and O–H groups in total. The number of carbonyl (C=O) groups excluding carboxylic acids is 1. The predicted octanol–water partition coefficient (Wildman–Crippen LogP) is 9.01. The molecule has 0 aliphatic carbocycles. The SMILES string of the molecule is [N-]=[N+]=NCc1ccccc1C(=O)O[C@@H]1[C@@H](OP(=O)(OCc2ccccc2)OCc2ccccc2)O[C@@H]2COC(c3ccccc3)O[C@H]2[C@@H]1OCc1ccccc1. The van der Waals surface area contributed by atoms with Gasteiger partial charge in [0.05, 0.1) is 38.5 Å². The van der Waals surface area contributed by atoms with E-state index < -0.39 is 50.8 Å². The molecule has 2 fully saturated rings. The van der Waals surface area contributed by atoms with Crippen molar-refractivity contribution in [2.45, 2.75) is 63.4 Å². The lowest BCUT2D eigenvalue weighted by atomic mass is 9.97. The molecule has 5 aromatic carbocycles. The van der Waals surface area contributed by atoms with Crippen LogP contribution in [0.25, 0.3) is 10.4 Å². The second-order valence-electron chi connectivity index (χ2n) is 13.0. The van der Waals surface area contributed by atoms with Gasteiger partial charge >= 0.3 is 13.8 Å². The fourth-order valence-electron chi connectivity index (χ4n) is 6.33. The summed E-state index contributed by atoms with van der Waals surface area (Å²) < 4.78 is 65.0. The molecule has 2 aliphatic heterocycles. The van der Waals surface area contributed by atoms with Crippen molar-refractivity contribution in [1.82, 2.24) is 0 Å². The van der Waals surface area contributed by atoms with Crippen molar-refractivity contribution < 1.29 is 46.6 Å². The Labute approximate surface area is 324 Å². The fourth-order valence-corrected chi connectivity index (χ4v) is 7.56. The van der Waals surface area contributed by atoms with Gasteiger partial charge in [-0.3, -0.25) is 13.6 Å². The molecule has 0 radical (unpaired) electrons. The number of hydrogen-bond acceptors (Lipinski definition) is 11. The maximum absolute atomic E-state index is 14.7. The van der Waals surface area contributed by atoms with Crippen LogP contribution in [0.3, 0.4) is 0 Å². The van der Waals surface area contributed by atoms with Crippen LogP contribution in [0.5, 0.6) is 0 Å². The van der Waals surface area contributed by atoms with Crippen molar-refractivity contribution in [2.24, 2.45) is 5.11 Å². The van der Waals surface area contributed by atoms with E-state index in [9.17, 15) is 9.36 Å². The van der Waals surface area contributed by atoms with Crippen LogP contribution in [0.1, 0.15) is 44.5 Å². The summed E-state index contributed by atoms with van der Waals surface area (Å²) in [6.07, 6.45) is -6.50. The van der Waals surface area contributed by atoms with Crippen LogP contribution in [0.4, 0.5) is 0 Å². The molecule has 2 heterocycles. The molecular weight excluding hydrogens is 737 g/mol. The average Bonchev–Trinajstić information content (AvgIpc) is 3.25. The Hall–Kier alpha value is -5.17. The number of phosphoric ester groups is 1. The smallest absolute Gasteiger partial charge is 0.450 e. The summed E-state index contributed by atoms with van der Waals surface area (Å²) in [5.74, 6) is -0.792. The Morgan fingerprint density at radius 3 is 1.88 bits per heavy atom. The minimum Gasteiger partial charge on any atom is -0.450 e. The van der Waals surface area contributed by atoms with Gasteiger partial charge in [-0.15, -0.1) is 0 Å². The summed E-state index contributed by atoms with van der Waals surface area (Å²) in [7, 11) is -4.52. The molecule has 0 aromatic heterocycles. The summed E-state index contributed by atoms with van der Waals surface area (Å²) in [6.45, 7) is -0.221. The largest absolute Gasteiger partial charge is 0.477 e. The van der Waals surface area contributed by atoms with E-state index >= 15 is 0 Å². The Bertz CT molecular complexity index is 2060. The lowest BCUT2D eigenvalue weighted by molar-refractivity contribution is -0.356. The van der Waals surface area contributed by atoms with Crippen LogP contribution in [0.15, 0.2) is 151 Å². The third-order valence-corrected chi connectivity index (χ3v) is 10.5. The maximum atomic E-state index is 14.7. The van der Waals surface area contributed by atoms with E-state index in [2.05, 4.69) is 10.0 Å². The summed E-state index contributed by atoms with van der Waals surface area (Å²) in [6, 6.07) is 43.7. The highest BCUT2D eigenvalue weighted by Gasteiger charge is 2.55. The van der Waals surface area contributed by atoms with Crippen LogP contribution in [-0.2, 0) is 68.2 Å². The third kappa shape index (κ3) is 10.2. The molecule has 7 rings (SSSR count). The number of rotatable bonds is 16. The van der Waals surface area contributed by atoms with Gasteiger partial charge in [0.25, 0.3) is 0 Å². The molecule has 5 aromatic rings. The van der Waals surface area contributed by atoms with Crippen LogP contribution in [0.2, 0.25) is 0 Å². The molecular formula is C42H40N3O10P. The van der Waals surface area contributed by atoms with Crippen molar-refractivity contribution >= 4 is 13.8 Å². The average molecular weight is 778 g/mol. The molecule has 13 nitrogen and oxygen atoms in total. The first-order chi connectivity index (χ1) is 27.5. The van der Waals surface area contributed by atoms with Crippen molar-refractivity contribution in [3.63, 3.8) is 0 Å². The first kappa shape index (κ1) is 39.1. The van der Waals surface area contributed by atoms with E-state index in [0.717, 1.165) is 11.1 Å². The number of hydrogen-bond donors (Lipinski definition) is 0. The van der Waals surface area contributed by atoms with Gasteiger partial charge in [-0.2, -0.15) is 0 Å². The van der Waals surface area contributed by atoms with Gasteiger partial charge in [-0.05, 0) is 33.9 Å². The van der Waals surface area contributed by atoms with Gasteiger partial charge in [0.2, 0.25) is 6.29 Å². The van der Waals surface area contributed by atoms with Crippen molar-refractivity contribution in [2.75, 3.05) is 6.61 Å². The minimum atomic E-state index is -4.52. The summed E-state index contributed by atoms with van der Waals surface area (Å²) in [4.78, 5) is 17.0. The highest BCUT2D eigenvalue weighted by atomic mass is 31.2. The second kappa shape index (κ2) is 19.1. The number of nitrogens with zero attached hydrogens (tertiary/aromatic N) is 3. The van der Waals surface area contributed by atoms with E-state index in [-0.39, 0.29) is 38.5 Å². The van der Waals surface area contributed by atoms with Gasteiger partial charge in [0, 0.05) is 10.5 Å². The summed E-state index contributed by atoms with van der Waals surface area (Å²) in [5, 5.41) is 3.65. The third-order valence-electron chi connectivity index (χ3n) is 9.12. The van der Waals surface area contributed by atoms with Crippen LogP contribution in [0, 0.1) is 0 Å². The molecule has 288 valence electrons. The Kier molecular flexibility index (Phi) is 13.3. The highest BCUT2D eigenvalue weighted by molar-refractivity contribution is 7.48. The molecule has 0 spiro atoms. The topological polar surface area (TPSA) is 157 Å². The van der Waals surface area contributed by atoms with Gasteiger partial charge in [-0.25, -0.2) is 9.36 Å². The van der Waals surface area contributed by atoms with Gasteiger partial charge in [-0.1, -0.05) is 145 Å². The molecule has 0 amide bonds. The van der Waals surface area contributed by atoms with E-state index in [4.69, 9.17) is 42.8 Å². The van der Waals surface area contributed by atoms with Crippen molar-refractivity contribution in [1.29, 1.82) is 0 Å². The molecule has 0 bridgehead atoms. The van der Waals surface area contributed by atoms with E-state index in [0.29, 0.717) is 16.7 Å². The number of phosphoric acid groups is 1. The minimum absolute atomic E-state index is 0.0327. The van der Waals surface area contributed by atoms with Crippen LogP contribution in [-0.4, -0.2) is 43.3 Å². The lowest BCUT2D eigenvalue weighted by Gasteiger charge is -2.48. The molecule has 14 heteroatoms. The highest BCUT2D eigenvalue weighted by Crippen LogP contribution is 2.54. The number of benzene rings is 5. The molecule has 0 saturated carbocycles. The van der Waals surface area contributed by atoms with Gasteiger partial charge in [0.15, 0.2) is 12.4 Å². The summed E-state index contributed by atoms with van der Waals surface area (Å²) >= 11 is 0.